The number of hydrogen-bond acceptors (Lipinski definition) is 7. The number of anilines is 1. The molecule has 0 spiro atoms. The molecule has 2 amide bonds. The third-order valence-corrected chi connectivity index (χ3v) is 10.4. The number of carboxylic acids is 1. The number of aromatic nitrogens is 1. The summed E-state index contributed by atoms with van der Waals surface area (Å²) in [5, 5.41) is 12.0. The van der Waals surface area contributed by atoms with Crippen LogP contribution in [0, 0.1) is 17.6 Å². The van der Waals surface area contributed by atoms with E-state index in [1.807, 2.05) is 0 Å². The van der Waals surface area contributed by atoms with E-state index in [0.29, 0.717) is 17.3 Å². The number of carbonyl (C=O) groups excluding carboxylic acids is 1. The molecule has 1 aliphatic carbocycles. The number of nitrogens with zero attached hydrogens (tertiary/aromatic N) is 2. The lowest BCUT2D eigenvalue weighted by molar-refractivity contribution is -0.139. The number of ether oxygens (including phenoxy) is 1. The van der Waals surface area contributed by atoms with Gasteiger partial charge in [0.05, 0.1) is 19.4 Å². The van der Waals surface area contributed by atoms with Crippen molar-refractivity contribution in [2.45, 2.75) is 68.1 Å². The summed E-state index contributed by atoms with van der Waals surface area (Å²) in [5.74, 6) is -2.34. The van der Waals surface area contributed by atoms with Gasteiger partial charge in [-0.05, 0) is 51.5 Å². The molecule has 37 heavy (non-hydrogen) atoms. The van der Waals surface area contributed by atoms with Crippen LogP contribution < -0.4 is 5.32 Å². The summed E-state index contributed by atoms with van der Waals surface area (Å²) in [5.41, 5.74) is 0.199. The molecule has 1 aromatic heterocycles. The summed E-state index contributed by atoms with van der Waals surface area (Å²) in [4.78, 5) is 30.2. The zero-order valence-electron chi connectivity index (χ0n) is 20.9. The van der Waals surface area contributed by atoms with Crippen LogP contribution in [0.1, 0.15) is 52.0 Å². The first kappa shape index (κ1) is 28.9. The minimum atomic E-state index is -4.23. The highest BCUT2D eigenvalue weighted by molar-refractivity contribution is 7.95. The molecular formula is C24H31F2N3O6S2. The van der Waals surface area contributed by atoms with E-state index in [-0.39, 0.29) is 40.7 Å². The van der Waals surface area contributed by atoms with Gasteiger partial charge in [-0.2, -0.15) is 0 Å². The van der Waals surface area contributed by atoms with Crippen LogP contribution in [-0.2, 0) is 26.0 Å². The second-order valence-corrected chi connectivity index (χ2v) is 13.4. The first-order valence-electron chi connectivity index (χ1n) is 11.9. The molecule has 13 heteroatoms. The van der Waals surface area contributed by atoms with Gasteiger partial charge in [0.15, 0.2) is 9.88 Å². The zero-order valence-corrected chi connectivity index (χ0v) is 22.5. The first-order valence-corrected chi connectivity index (χ1v) is 14.2. The predicted molar refractivity (Wildman–Crippen MR) is 134 cm³/mol. The summed E-state index contributed by atoms with van der Waals surface area (Å²) < 4.78 is 55.7. The fourth-order valence-electron chi connectivity index (χ4n) is 3.96. The number of sulfone groups is 1. The van der Waals surface area contributed by atoms with E-state index in [0.717, 1.165) is 57.9 Å². The normalized spacial score (nSPS) is 18.4. The molecule has 204 valence electrons. The van der Waals surface area contributed by atoms with E-state index in [1.165, 1.54) is 6.07 Å². The maximum Gasteiger partial charge on any atom is 0.324 e. The molecule has 0 radical (unpaired) electrons. The minimum Gasteiger partial charge on any atom is -0.480 e. The number of nitrogens with one attached hydrogen (secondary N) is 1. The van der Waals surface area contributed by atoms with E-state index < -0.39 is 38.2 Å². The average Bonchev–Trinajstić information content (AvgIpc) is 3.30. The maximum atomic E-state index is 13.9. The fraction of sp³-hybridized carbons (Fsp3) is 0.542. The SMILES string of the molecule is CC1CCC(N(CCOCc2ccc(F)cc2F)C(=O)Nc2ncc(S(=O)(=O)C(C)(C)C(=O)O)s2)CC1. The lowest BCUT2D eigenvalue weighted by Gasteiger charge is -2.36. The molecule has 9 nitrogen and oxygen atoms in total. The number of benzene rings is 1. The van der Waals surface area contributed by atoms with Crippen molar-refractivity contribution in [3.05, 3.63) is 41.6 Å². The molecule has 0 atom stereocenters. The largest absolute Gasteiger partial charge is 0.480 e. The van der Waals surface area contributed by atoms with Gasteiger partial charge in [0.1, 0.15) is 15.8 Å². The van der Waals surface area contributed by atoms with Crippen LogP contribution in [-0.4, -0.2) is 59.3 Å². The molecular weight excluding hydrogens is 528 g/mol. The third-order valence-electron chi connectivity index (χ3n) is 6.59. The Morgan fingerprint density at radius 2 is 1.92 bits per heavy atom. The van der Waals surface area contributed by atoms with Gasteiger partial charge in [0.2, 0.25) is 9.84 Å². The van der Waals surface area contributed by atoms with Crippen LogP contribution in [0.25, 0.3) is 0 Å². The fourth-order valence-corrected chi connectivity index (χ4v) is 6.72. The molecule has 2 aromatic rings. The quantitative estimate of drug-likeness (QED) is 0.405. The summed E-state index contributed by atoms with van der Waals surface area (Å²) in [6.45, 7) is 4.53. The van der Waals surface area contributed by atoms with Crippen LogP contribution in [0.3, 0.4) is 0 Å². The number of carboxylic acid groups (broad SMARTS) is 1. The van der Waals surface area contributed by atoms with E-state index in [4.69, 9.17) is 4.74 Å². The standard InChI is InChI=1S/C24H31F2N3O6S2/c1-15-4-8-18(9-5-15)29(10-11-35-14-16-6-7-17(25)12-19(16)26)23(32)28-22-27-13-20(36-22)37(33,34)24(2,3)21(30)31/h6-7,12-13,15,18H,4-5,8-11,14H2,1-3H3,(H,30,31)(H,27,28,32). The number of rotatable bonds is 10. The van der Waals surface area contributed by atoms with Crippen molar-refractivity contribution in [2.24, 2.45) is 5.92 Å². The molecule has 3 rings (SSSR count). The lowest BCUT2D eigenvalue weighted by atomic mass is 9.86. The Labute approximate surface area is 218 Å². The summed E-state index contributed by atoms with van der Waals surface area (Å²) >= 11 is 0.681. The molecule has 1 aromatic carbocycles. The average molecular weight is 560 g/mol. The summed E-state index contributed by atoms with van der Waals surface area (Å²) in [6, 6.07) is 2.66. The third kappa shape index (κ3) is 6.82. The van der Waals surface area contributed by atoms with Gasteiger partial charge in [-0.25, -0.2) is 27.0 Å². The van der Waals surface area contributed by atoms with Gasteiger partial charge in [0, 0.05) is 24.2 Å². The Balaban J connectivity index is 1.68. The van der Waals surface area contributed by atoms with Crippen LogP contribution >= 0.6 is 11.3 Å². The van der Waals surface area contributed by atoms with E-state index in [2.05, 4.69) is 17.2 Å². The Bertz CT molecular complexity index is 1230. The summed E-state index contributed by atoms with van der Waals surface area (Å²) in [6.07, 6.45) is 4.49. The van der Waals surface area contributed by atoms with Gasteiger partial charge in [-0.3, -0.25) is 10.1 Å². The number of halogens is 2. The molecule has 2 N–H and O–H groups in total. The molecule has 0 unspecified atom stereocenters. The zero-order chi connectivity index (χ0) is 27.4. The lowest BCUT2D eigenvalue weighted by Crippen LogP contribution is -2.46. The van der Waals surface area contributed by atoms with Gasteiger partial charge in [0.25, 0.3) is 0 Å². The number of thiazole rings is 1. The van der Waals surface area contributed by atoms with Crippen molar-refractivity contribution in [2.75, 3.05) is 18.5 Å². The minimum absolute atomic E-state index is 0.0215. The smallest absolute Gasteiger partial charge is 0.324 e. The number of urea groups is 1. The molecule has 1 heterocycles. The van der Waals surface area contributed by atoms with Crippen molar-refractivity contribution in [1.29, 1.82) is 0 Å². The van der Waals surface area contributed by atoms with Crippen molar-refractivity contribution in [1.82, 2.24) is 9.88 Å². The molecule has 0 aliphatic heterocycles. The van der Waals surface area contributed by atoms with Crippen LogP contribution in [0.15, 0.2) is 28.6 Å². The van der Waals surface area contributed by atoms with E-state index >= 15 is 0 Å². The summed E-state index contributed by atoms with van der Waals surface area (Å²) in [7, 11) is -4.23. The van der Waals surface area contributed by atoms with Crippen molar-refractivity contribution >= 4 is 38.3 Å². The Hall–Kier alpha value is -2.64. The monoisotopic (exact) mass is 559 g/mol. The first-order chi connectivity index (χ1) is 17.3. The van der Waals surface area contributed by atoms with Gasteiger partial charge in [-0.1, -0.05) is 24.3 Å². The Morgan fingerprint density at radius 1 is 1.24 bits per heavy atom. The Kier molecular flexibility index (Phi) is 9.24. The predicted octanol–water partition coefficient (Wildman–Crippen LogP) is 4.69. The highest BCUT2D eigenvalue weighted by Crippen LogP contribution is 2.32. The van der Waals surface area contributed by atoms with Crippen molar-refractivity contribution in [3.63, 3.8) is 0 Å². The number of amides is 2. The highest BCUT2D eigenvalue weighted by atomic mass is 32.2. The molecule has 1 fully saturated rings. The molecule has 0 bridgehead atoms. The van der Waals surface area contributed by atoms with Gasteiger partial charge < -0.3 is 14.7 Å². The van der Waals surface area contributed by atoms with Crippen molar-refractivity contribution in [3.8, 4) is 0 Å². The molecule has 1 saturated carbocycles. The number of carbonyl (C=O) groups is 2. The van der Waals surface area contributed by atoms with E-state index in [9.17, 15) is 31.9 Å². The second-order valence-electron chi connectivity index (χ2n) is 9.63. The number of hydrogen-bond donors (Lipinski definition) is 2. The topological polar surface area (TPSA) is 126 Å². The van der Waals surface area contributed by atoms with Crippen molar-refractivity contribution < 1.29 is 36.6 Å². The van der Waals surface area contributed by atoms with Crippen LogP contribution in [0.5, 0.6) is 0 Å². The van der Waals surface area contributed by atoms with Crippen LogP contribution in [0.4, 0.5) is 18.7 Å². The van der Waals surface area contributed by atoms with E-state index in [1.54, 1.807) is 4.90 Å². The maximum absolute atomic E-state index is 13.9. The second kappa shape index (κ2) is 11.8. The Morgan fingerprint density at radius 3 is 2.54 bits per heavy atom. The number of aliphatic carboxylic acids is 1. The molecule has 1 aliphatic rings. The molecule has 0 saturated heterocycles. The van der Waals surface area contributed by atoms with Gasteiger partial charge in [-0.15, -0.1) is 0 Å². The highest BCUT2D eigenvalue weighted by Gasteiger charge is 2.44. The van der Waals surface area contributed by atoms with Gasteiger partial charge >= 0.3 is 12.0 Å². The van der Waals surface area contributed by atoms with Crippen LogP contribution in [0.2, 0.25) is 0 Å².